The van der Waals surface area contributed by atoms with Crippen LogP contribution < -0.4 is 0 Å². The fourth-order valence-corrected chi connectivity index (χ4v) is 1.28. The van der Waals surface area contributed by atoms with Gasteiger partial charge in [0.25, 0.3) is 0 Å². The molecule has 1 N–H and O–H groups in total. The van der Waals surface area contributed by atoms with Crippen LogP contribution in [0.1, 0.15) is 12.5 Å². The van der Waals surface area contributed by atoms with Crippen LogP contribution in [0.15, 0.2) is 35.6 Å². The largest absolute Gasteiger partial charge is 0.510 e. The minimum Gasteiger partial charge on any atom is -0.510 e. The first-order valence-corrected chi connectivity index (χ1v) is 4.62. The van der Waals surface area contributed by atoms with Crippen molar-refractivity contribution in [2.45, 2.75) is 13.3 Å². The zero-order valence-electron chi connectivity index (χ0n) is 8.70. The van der Waals surface area contributed by atoms with Crippen LogP contribution >= 0.6 is 0 Å². The van der Waals surface area contributed by atoms with Gasteiger partial charge in [0.1, 0.15) is 23.2 Å². The van der Waals surface area contributed by atoms with Crippen LogP contribution in [-0.4, -0.2) is 10.9 Å². The van der Waals surface area contributed by atoms with E-state index < -0.39 is 11.6 Å². The number of halogens is 1. The van der Waals surface area contributed by atoms with E-state index in [0.717, 1.165) is 0 Å². The molecule has 0 aliphatic carbocycles. The molecular weight excluding hydrogens is 209 g/mol. The summed E-state index contributed by atoms with van der Waals surface area (Å²) in [4.78, 5) is 11.0. The third-order valence-electron chi connectivity index (χ3n) is 2.01. The molecule has 3 nitrogen and oxygen atoms in total. The number of hydrogen-bond donors (Lipinski definition) is 1. The van der Waals surface area contributed by atoms with Gasteiger partial charge in [0.2, 0.25) is 0 Å². The molecule has 82 valence electrons. The smallest absolute Gasteiger partial charge is 0.173 e. The van der Waals surface area contributed by atoms with Crippen molar-refractivity contribution in [2.75, 3.05) is 0 Å². The molecule has 0 fully saturated rings. The highest BCUT2D eigenvalue weighted by Crippen LogP contribution is 2.11. The van der Waals surface area contributed by atoms with Crippen molar-refractivity contribution >= 4 is 5.78 Å². The lowest BCUT2D eigenvalue weighted by molar-refractivity contribution is -0.113. The maximum absolute atomic E-state index is 12.8. The molecule has 0 aliphatic heterocycles. The minimum absolute atomic E-state index is 0.0275. The van der Waals surface area contributed by atoms with E-state index in [-0.39, 0.29) is 17.8 Å². The van der Waals surface area contributed by atoms with Gasteiger partial charge in [0, 0.05) is 6.42 Å². The van der Waals surface area contributed by atoms with Crippen molar-refractivity contribution in [3.05, 3.63) is 47.0 Å². The average Bonchev–Trinajstić information content (AvgIpc) is 2.17. The predicted molar refractivity (Wildman–Crippen MR) is 56.1 cm³/mol. The Balaban J connectivity index is 2.98. The first-order valence-electron chi connectivity index (χ1n) is 4.62. The quantitative estimate of drug-likeness (QED) is 0.482. The molecule has 0 spiro atoms. The van der Waals surface area contributed by atoms with Crippen LogP contribution in [0.4, 0.5) is 4.39 Å². The van der Waals surface area contributed by atoms with Gasteiger partial charge in [0.05, 0.1) is 0 Å². The summed E-state index contributed by atoms with van der Waals surface area (Å²) in [6, 6.07) is 7.25. The number of nitriles is 1. The summed E-state index contributed by atoms with van der Waals surface area (Å²) in [6.07, 6.45) is -0.0275. The van der Waals surface area contributed by atoms with Gasteiger partial charge in [-0.25, -0.2) is 4.39 Å². The second-order valence-corrected chi connectivity index (χ2v) is 3.30. The SMILES string of the molecule is CC(=O)C(C#N)=C(O)Cc1cccc(F)c1. The number of aliphatic hydroxyl groups is 1. The molecule has 1 aromatic rings. The molecule has 16 heavy (non-hydrogen) atoms. The third-order valence-corrected chi connectivity index (χ3v) is 2.01. The summed E-state index contributed by atoms with van der Waals surface area (Å²) >= 11 is 0. The standard InChI is InChI=1S/C12H10FNO2/c1-8(15)11(7-14)12(16)6-9-3-2-4-10(13)5-9/h2-5,16H,6H2,1H3. The molecule has 0 amide bonds. The minimum atomic E-state index is -0.503. The van der Waals surface area contributed by atoms with Crippen molar-refractivity contribution in [2.24, 2.45) is 0 Å². The topological polar surface area (TPSA) is 61.1 Å². The van der Waals surface area contributed by atoms with Gasteiger partial charge in [-0.3, -0.25) is 4.79 Å². The van der Waals surface area contributed by atoms with Crippen LogP contribution in [0.5, 0.6) is 0 Å². The van der Waals surface area contributed by atoms with E-state index in [0.29, 0.717) is 5.56 Å². The third kappa shape index (κ3) is 2.92. The van der Waals surface area contributed by atoms with E-state index in [1.165, 1.54) is 25.1 Å². The average molecular weight is 219 g/mol. The Morgan fingerprint density at radius 3 is 2.75 bits per heavy atom. The number of nitrogens with zero attached hydrogens (tertiary/aromatic N) is 1. The Kier molecular flexibility index (Phi) is 3.78. The highest BCUT2D eigenvalue weighted by atomic mass is 19.1. The fourth-order valence-electron chi connectivity index (χ4n) is 1.28. The molecule has 0 atom stereocenters. The molecule has 4 heteroatoms. The van der Waals surface area contributed by atoms with E-state index in [4.69, 9.17) is 5.26 Å². The molecule has 0 unspecified atom stereocenters. The van der Waals surface area contributed by atoms with Crippen molar-refractivity contribution in [3.63, 3.8) is 0 Å². The summed E-state index contributed by atoms with van der Waals surface area (Å²) in [5, 5.41) is 18.2. The van der Waals surface area contributed by atoms with E-state index in [2.05, 4.69) is 0 Å². The molecule has 0 saturated heterocycles. The summed E-state index contributed by atoms with van der Waals surface area (Å²) in [5.74, 6) is -1.26. The lowest BCUT2D eigenvalue weighted by atomic mass is 10.1. The number of carbonyl (C=O) groups excluding carboxylic acids is 1. The first kappa shape index (κ1) is 11.9. The number of hydrogen-bond acceptors (Lipinski definition) is 3. The highest BCUT2D eigenvalue weighted by Gasteiger charge is 2.10. The Labute approximate surface area is 92.4 Å². The molecule has 0 aliphatic rings. The Bertz CT molecular complexity index is 486. The number of allylic oxidation sites excluding steroid dienone is 2. The molecule has 0 saturated carbocycles. The lowest BCUT2D eigenvalue weighted by Crippen LogP contribution is -2.02. The summed E-state index contributed by atoms with van der Waals surface area (Å²) < 4.78 is 12.8. The Hall–Kier alpha value is -2.15. The molecule has 1 aromatic carbocycles. The summed E-state index contributed by atoms with van der Waals surface area (Å²) in [7, 11) is 0. The zero-order valence-corrected chi connectivity index (χ0v) is 8.70. The first-order chi connectivity index (χ1) is 7.54. The van der Waals surface area contributed by atoms with Gasteiger partial charge < -0.3 is 5.11 Å². The fraction of sp³-hybridized carbons (Fsp3) is 0.167. The van der Waals surface area contributed by atoms with Crippen molar-refractivity contribution in [3.8, 4) is 6.07 Å². The van der Waals surface area contributed by atoms with E-state index >= 15 is 0 Å². The number of rotatable bonds is 3. The maximum Gasteiger partial charge on any atom is 0.173 e. The van der Waals surface area contributed by atoms with Crippen LogP contribution in [0.3, 0.4) is 0 Å². The van der Waals surface area contributed by atoms with E-state index in [9.17, 15) is 14.3 Å². The zero-order chi connectivity index (χ0) is 12.1. The van der Waals surface area contributed by atoms with Crippen LogP contribution in [0, 0.1) is 17.1 Å². The van der Waals surface area contributed by atoms with Crippen molar-refractivity contribution < 1.29 is 14.3 Å². The van der Waals surface area contributed by atoms with Crippen molar-refractivity contribution in [1.29, 1.82) is 5.26 Å². The van der Waals surface area contributed by atoms with Gasteiger partial charge in [-0.1, -0.05) is 12.1 Å². The van der Waals surface area contributed by atoms with Gasteiger partial charge in [-0.2, -0.15) is 5.26 Å². The molecule has 0 aromatic heterocycles. The van der Waals surface area contributed by atoms with Gasteiger partial charge in [-0.05, 0) is 24.6 Å². The maximum atomic E-state index is 12.8. The molecular formula is C12H10FNO2. The number of aliphatic hydroxyl groups excluding tert-OH is 1. The van der Waals surface area contributed by atoms with Gasteiger partial charge >= 0.3 is 0 Å². The summed E-state index contributed by atoms with van der Waals surface area (Å²) in [5.41, 5.74) is 0.218. The molecule has 0 bridgehead atoms. The van der Waals surface area contributed by atoms with E-state index in [1.807, 2.05) is 0 Å². The monoisotopic (exact) mass is 219 g/mol. The lowest BCUT2D eigenvalue weighted by Gasteiger charge is -2.02. The molecule has 0 radical (unpaired) electrons. The number of ketones is 1. The Morgan fingerprint density at radius 1 is 1.56 bits per heavy atom. The van der Waals surface area contributed by atoms with Crippen LogP contribution in [-0.2, 0) is 11.2 Å². The van der Waals surface area contributed by atoms with Crippen LogP contribution in [0.25, 0.3) is 0 Å². The Morgan fingerprint density at radius 2 is 2.25 bits per heavy atom. The number of benzene rings is 1. The van der Waals surface area contributed by atoms with E-state index in [1.54, 1.807) is 12.1 Å². The summed E-state index contributed by atoms with van der Waals surface area (Å²) in [6.45, 7) is 1.19. The molecule has 1 rings (SSSR count). The predicted octanol–water partition coefficient (Wildman–Crippen LogP) is 2.29. The van der Waals surface area contributed by atoms with Crippen molar-refractivity contribution in [1.82, 2.24) is 0 Å². The van der Waals surface area contributed by atoms with Gasteiger partial charge in [-0.15, -0.1) is 0 Å². The highest BCUT2D eigenvalue weighted by molar-refractivity contribution is 5.97. The second kappa shape index (κ2) is 5.08. The second-order valence-electron chi connectivity index (χ2n) is 3.30. The van der Waals surface area contributed by atoms with Crippen LogP contribution in [0.2, 0.25) is 0 Å². The molecule has 0 heterocycles. The number of Topliss-reactive ketones (excluding diaryl/α,β-unsaturated/α-hetero) is 1. The normalized spacial score (nSPS) is 11.6. The van der Waals surface area contributed by atoms with Gasteiger partial charge in [0.15, 0.2) is 5.78 Å². The number of carbonyl (C=O) groups is 1.